The summed E-state index contributed by atoms with van der Waals surface area (Å²) in [6, 6.07) is 4.08. The first-order valence-electron chi connectivity index (χ1n) is 5.85. The lowest BCUT2D eigenvalue weighted by Gasteiger charge is -2.18. The summed E-state index contributed by atoms with van der Waals surface area (Å²) in [7, 11) is -1.38. The second-order valence-electron chi connectivity index (χ2n) is 5.01. The van der Waals surface area contributed by atoms with Crippen molar-refractivity contribution in [1.29, 1.82) is 0 Å². The molecule has 0 radical (unpaired) electrons. The van der Waals surface area contributed by atoms with E-state index in [9.17, 15) is 10.0 Å². The third-order valence-electron chi connectivity index (χ3n) is 3.08. The van der Waals surface area contributed by atoms with Crippen LogP contribution < -0.4 is 5.46 Å². The van der Waals surface area contributed by atoms with Crippen LogP contribution in [0.1, 0.15) is 56.2 Å². The van der Waals surface area contributed by atoms with Crippen LogP contribution in [0.15, 0.2) is 12.1 Å². The van der Waals surface area contributed by atoms with Crippen LogP contribution in [-0.2, 0) is 0 Å². The van der Waals surface area contributed by atoms with Crippen molar-refractivity contribution in [2.45, 2.75) is 46.5 Å². The Bertz CT molecular complexity index is 341. The molecule has 0 saturated carbocycles. The standard InChI is InChI=1S/C13H21BO2/c1-8(2)11-6-12(9(3)4)10(5)13(7-11)14(15)16/h6-9,15-16H,1-5H3. The second-order valence-corrected chi connectivity index (χ2v) is 5.01. The summed E-state index contributed by atoms with van der Waals surface area (Å²) >= 11 is 0. The topological polar surface area (TPSA) is 40.5 Å². The van der Waals surface area contributed by atoms with Crippen molar-refractivity contribution in [2.24, 2.45) is 0 Å². The van der Waals surface area contributed by atoms with Crippen LogP contribution in [0, 0.1) is 6.92 Å². The highest BCUT2D eigenvalue weighted by molar-refractivity contribution is 6.59. The number of hydrogen-bond acceptors (Lipinski definition) is 2. The van der Waals surface area contributed by atoms with Crippen LogP contribution in [0.5, 0.6) is 0 Å². The number of hydrogen-bond donors (Lipinski definition) is 2. The van der Waals surface area contributed by atoms with Gasteiger partial charge in [-0.25, -0.2) is 0 Å². The average molecular weight is 220 g/mol. The fraction of sp³-hybridized carbons (Fsp3) is 0.538. The van der Waals surface area contributed by atoms with Gasteiger partial charge in [-0.1, -0.05) is 39.8 Å². The predicted octanol–water partition coefficient (Wildman–Crippen LogP) is 1.92. The van der Waals surface area contributed by atoms with Crippen LogP contribution in [0.25, 0.3) is 0 Å². The fourth-order valence-corrected chi connectivity index (χ4v) is 1.99. The summed E-state index contributed by atoms with van der Waals surface area (Å²) in [5.74, 6) is 0.798. The van der Waals surface area contributed by atoms with Gasteiger partial charge in [-0.15, -0.1) is 0 Å². The van der Waals surface area contributed by atoms with E-state index < -0.39 is 7.12 Å². The molecule has 0 amide bonds. The molecule has 0 bridgehead atoms. The summed E-state index contributed by atoms with van der Waals surface area (Å²) in [6.07, 6.45) is 0. The highest BCUT2D eigenvalue weighted by atomic mass is 16.4. The lowest BCUT2D eigenvalue weighted by atomic mass is 9.73. The van der Waals surface area contributed by atoms with E-state index in [4.69, 9.17) is 0 Å². The van der Waals surface area contributed by atoms with E-state index in [1.165, 1.54) is 5.56 Å². The highest BCUT2D eigenvalue weighted by Crippen LogP contribution is 2.23. The van der Waals surface area contributed by atoms with Crippen molar-refractivity contribution in [1.82, 2.24) is 0 Å². The van der Waals surface area contributed by atoms with Gasteiger partial charge >= 0.3 is 7.12 Å². The Morgan fingerprint density at radius 3 is 1.94 bits per heavy atom. The summed E-state index contributed by atoms with van der Waals surface area (Å²) in [5, 5.41) is 18.7. The molecule has 1 rings (SSSR count). The lowest BCUT2D eigenvalue weighted by Crippen LogP contribution is -2.33. The maximum absolute atomic E-state index is 9.37. The Morgan fingerprint density at radius 2 is 1.56 bits per heavy atom. The number of rotatable bonds is 3. The minimum Gasteiger partial charge on any atom is -0.423 e. The smallest absolute Gasteiger partial charge is 0.423 e. The summed E-state index contributed by atoms with van der Waals surface area (Å²) in [4.78, 5) is 0. The van der Waals surface area contributed by atoms with Crippen molar-refractivity contribution < 1.29 is 10.0 Å². The quantitative estimate of drug-likeness (QED) is 0.764. The molecule has 16 heavy (non-hydrogen) atoms. The molecule has 0 aliphatic rings. The molecule has 0 fully saturated rings. The third kappa shape index (κ3) is 2.66. The first-order valence-corrected chi connectivity index (χ1v) is 5.85. The molecule has 0 atom stereocenters. The van der Waals surface area contributed by atoms with Crippen LogP contribution in [0.2, 0.25) is 0 Å². The van der Waals surface area contributed by atoms with Crippen LogP contribution >= 0.6 is 0 Å². The van der Waals surface area contributed by atoms with E-state index in [0.717, 1.165) is 11.1 Å². The molecule has 0 heterocycles. The fourth-order valence-electron chi connectivity index (χ4n) is 1.99. The Labute approximate surface area is 98.5 Å². The molecule has 0 unspecified atom stereocenters. The van der Waals surface area contributed by atoms with Crippen LogP contribution in [-0.4, -0.2) is 17.2 Å². The van der Waals surface area contributed by atoms with E-state index in [1.807, 2.05) is 13.0 Å². The molecular formula is C13H21BO2. The molecule has 1 aromatic carbocycles. The van der Waals surface area contributed by atoms with Crippen molar-refractivity contribution >= 4 is 12.6 Å². The van der Waals surface area contributed by atoms with Gasteiger partial charge in [0.15, 0.2) is 0 Å². The Balaban J connectivity index is 3.39. The molecule has 0 spiro atoms. The highest BCUT2D eigenvalue weighted by Gasteiger charge is 2.19. The maximum atomic E-state index is 9.37. The molecular weight excluding hydrogens is 199 g/mol. The Morgan fingerprint density at radius 1 is 1.00 bits per heavy atom. The van der Waals surface area contributed by atoms with Gasteiger partial charge in [-0.3, -0.25) is 0 Å². The van der Waals surface area contributed by atoms with Gasteiger partial charge in [-0.05, 0) is 40.9 Å². The molecule has 0 aliphatic heterocycles. The van der Waals surface area contributed by atoms with Gasteiger partial charge in [0.2, 0.25) is 0 Å². The van der Waals surface area contributed by atoms with Gasteiger partial charge in [-0.2, -0.15) is 0 Å². The SMILES string of the molecule is Cc1c(B(O)O)cc(C(C)C)cc1C(C)C. The van der Waals surface area contributed by atoms with Gasteiger partial charge in [0, 0.05) is 0 Å². The zero-order valence-electron chi connectivity index (χ0n) is 10.8. The minimum absolute atomic E-state index is 0.399. The largest absolute Gasteiger partial charge is 0.488 e. The molecule has 0 saturated heterocycles. The van der Waals surface area contributed by atoms with Gasteiger partial charge in [0.1, 0.15) is 0 Å². The van der Waals surface area contributed by atoms with Crippen molar-refractivity contribution in [2.75, 3.05) is 0 Å². The van der Waals surface area contributed by atoms with E-state index >= 15 is 0 Å². The Kier molecular flexibility index (Phi) is 4.17. The average Bonchev–Trinajstić information content (AvgIpc) is 2.16. The zero-order chi connectivity index (χ0) is 12.5. The van der Waals surface area contributed by atoms with Gasteiger partial charge in [0.05, 0.1) is 0 Å². The zero-order valence-corrected chi connectivity index (χ0v) is 10.8. The summed E-state index contributed by atoms with van der Waals surface area (Å²) in [6.45, 7) is 10.4. The van der Waals surface area contributed by atoms with Crippen molar-refractivity contribution in [3.8, 4) is 0 Å². The maximum Gasteiger partial charge on any atom is 0.488 e. The second kappa shape index (κ2) is 5.02. The van der Waals surface area contributed by atoms with Crippen molar-refractivity contribution in [3.05, 3.63) is 28.8 Å². The van der Waals surface area contributed by atoms with Gasteiger partial charge < -0.3 is 10.0 Å². The van der Waals surface area contributed by atoms with E-state index in [2.05, 4.69) is 33.8 Å². The van der Waals surface area contributed by atoms with Crippen LogP contribution in [0.3, 0.4) is 0 Å². The van der Waals surface area contributed by atoms with Crippen LogP contribution in [0.4, 0.5) is 0 Å². The molecule has 0 aromatic heterocycles. The molecule has 2 nitrogen and oxygen atoms in total. The molecule has 3 heteroatoms. The lowest BCUT2D eigenvalue weighted by molar-refractivity contribution is 0.425. The van der Waals surface area contributed by atoms with E-state index in [0.29, 0.717) is 17.3 Å². The number of benzene rings is 1. The summed E-state index contributed by atoms with van der Waals surface area (Å²) in [5.41, 5.74) is 4.00. The monoisotopic (exact) mass is 220 g/mol. The normalized spacial score (nSPS) is 11.3. The first kappa shape index (κ1) is 13.3. The third-order valence-corrected chi connectivity index (χ3v) is 3.08. The van der Waals surface area contributed by atoms with E-state index in [-0.39, 0.29) is 0 Å². The first-order chi connectivity index (χ1) is 7.34. The van der Waals surface area contributed by atoms with Crippen molar-refractivity contribution in [3.63, 3.8) is 0 Å². The summed E-state index contributed by atoms with van der Waals surface area (Å²) < 4.78 is 0. The Hall–Kier alpha value is -0.795. The molecule has 1 aromatic rings. The predicted molar refractivity (Wildman–Crippen MR) is 69.2 cm³/mol. The minimum atomic E-state index is -1.38. The molecule has 2 N–H and O–H groups in total. The van der Waals surface area contributed by atoms with E-state index in [1.54, 1.807) is 0 Å². The molecule has 88 valence electrons. The molecule has 0 aliphatic carbocycles. The van der Waals surface area contributed by atoms with Gasteiger partial charge in [0.25, 0.3) is 0 Å².